The topological polar surface area (TPSA) is 110 Å². The number of likely N-dealkylation sites (N-methyl/N-ethyl adjacent to an activating group) is 1. The van der Waals surface area contributed by atoms with E-state index in [-0.39, 0.29) is 29.7 Å². The van der Waals surface area contributed by atoms with Crippen molar-refractivity contribution in [1.82, 2.24) is 0 Å². The van der Waals surface area contributed by atoms with E-state index in [2.05, 4.69) is 0 Å². The summed E-state index contributed by atoms with van der Waals surface area (Å²) in [6.07, 6.45) is 0. The van der Waals surface area contributed by atoms with Crippen LogP contribution >= 0.6 is 0 Å². The maximum atomic E-state index is 10.9. The lowest BCUT2D eigenvalue weighted by Gasteiger charge is -2.24. The first-order chi connectivity index (χ1) is 8.38. The lowest BCUT2D eigenvalue weighted by Crippen LogP contribution is -2.32. The molecule has 8 nitrogen and oxygen atoms in total. The number of nitrogens with zero attached hydrogens (tertiary/aromatic N) is 3. The van der Waals surface area contributed by atoms with E-state index in [1.807, 2.05) is 0 Å². The molecule has 0 amide bonds. The second-order valence-corrected chi connectivity index (χ2v) is 3.83. The molecule has 0 saturated carbocycles. The second kappa shape index (κ2) is 5.41. The fraction of sp³-hybridized carbons (Fsp3) is 0.400. The number of aliphatic hydroxyl groups excluding tert-OH is 1. The Hall–Kier alpha value is -2.22. The molecule has 1 N–H and O–H groups in total. The summed E-state index contributed by atoms with van der Waals surface area (Å²) in [4.78, 5) is 21.6. The van der Waals surface area contributed by atoms with Gasteiger partial charge in [0.2, 0.25) is 0 Å². The minimum atomic E-state index is -0.688. The molecule has 1 aromatic carbocycles. The zero-order chi connectivity index (χ0) is 13.9. The van der Waals surface area contributed by atoms with Crippen LogP contribution in [-0.2, 0) is 0 Å². The third-order valence-corrected chi connectivity index (χ3v) is 2.67. The first kappa shape index (κ1) is 13.8. The number of aliphatic hydroxyl groups is 1. The maximum Gasteiger partial charge on any atom is 0.299 e. The molecule has 18 heavy (non-hydrogen) atoms. The first-order valence-corrected chi connectivity index (χ1v) is 5.15. The highest BCUT2D eigenvalue weighted by Crippen LogP contribution is 2.32. The summed E-state index contributed by atoms with van der Waals surface area (Å²) in [6, 6.07) is 3.09. The second-order valence-electron chi connectivity index (χ2n) is 3.83. The normalized spacial score (nSPS) is 11.9. The zero-order valence-electron chi connectivity index (χ0n) is 9.94. The van der Waals surface area contributed by atoms with Crippen molar-refractivity contribution in [2.24, 2.45) is 0 Å². The van der Waals surface area contributed by atoms with Crippen molar-refractivity contribution in [3.05, 3.63) is 38.4 Å². The largest absolute Gasteiger partial charge is 0.394 e. The van der Waals surface area contributed by atoms with Crippen molar-refractivity contribution in [2.45, 2.75) is 13.0 Å². The molecule has 0 aliphatic heterocycles. The van der Waals surface area contributed by atoms with Crippen LogP contribution in [-0.4, -0.2) is 34.6 Å². The van der Waals surface area contributed by atoms with E-state index in [4.69, 9.17) is 5.11 Å². The van der Waals surface area contributed by atoms with E-state index in [0.717, 1.165) is 6.07 Å². The van der Waals surface area contributed by atoms with E-state index in [9.17, 15) is 20.2 Å². The molecule has 1 unspecified atom stereocenters. The summed E-state index contributed by atoms with van der Waals surface area (Å²) >= 11 is 0. The van der Waals surface area contributed by atoms with Crippen molar-refractivity contribution < 1.29 is 15.0 Å². The van der Waals surface area contributed by atoms with Gasteiger partial charge in [0.15, 0.2) is 0 Å². The summed E-state index contributed by atoms with van der Waals surface area (Å²) in [7, 11) is 1.58. The predicted octanol–water partition coefficient (Wildman–Crippen LogP) is 1.32. The van der Waals surface area contributed by atoms with Gasteiger partial charge in [-0.25, -0.2) is 0 Å². The molecular formula is C10H13N3O5. The number of rotatable bonds is 5. The number of hydrogen-bond acceptors (Lipinski definition) is 6. The molecule has 0 aliphatic carbocycles. The van der Waals surface area contributed by atoms with Crippen LogP contribution in [0.5, 0.6) is 0 Å². The van der Waals surface area contributed by atoms with Crippen molar-refractivity contribution >= 4 is 17.1 Å². The summed E-state index contributed by atoms with van der Waals surface area (Å²) in [5.74, 6) is 0. The minimum Gasteiger partial charge on any atom is -0.394 e. The fourth-order valence-corrected chi connectivity index (χ4v) is 1.43. The number of hydrogen-bond donors (Lipinski definition) is 1. The highest BCUT2D eigenvalue weighted by atomic mass is 16.6. The number of benzene rings is 1. The number of nitro groups is 2. The van der Waals surface area contributed by atoms with Gasteiger partial charge in [0.1, 0.15) is 5.69 Å². The van der Waals surface area contributed by atoms with Gasteiger partial charge in [-0.1, -0.05) is 0 Å². The Morgan fingerprint density at radius 2 is 1.94 bits per heavy atom. The first-order valence-electron chi connectivity index (χ1n) is 5.15. The molecule has 0 aromatic heterocycles. The fourth-order valence-electron chi connectivity index (χ4n) is 1.43. The van der Waals surface area contributed by atoms with E-state index >= 15 is 0 Å². The molecule has 0 fully saturated rings. The molecule has 0 aliphatic rings. The Bertz CT molecular complexity index is 477. The van der Waals surface area contributed by atoms with Crippen molar-refractivity contribution in [3.8, 4) is 0 Å². The SMILES string of the molecule is CC(CO)N(C)c1ccc([N+](=O)[O-])cc1[N+](=O)[O-]. The van der Waals surface area contributed by atoms with Gasteiger partial charge in [0, 0.05) is 19.2 Å². The predicted molar refractivity (Wildman–Crippen MR) is 64.7 cm³/mol. The standard InChI is InChI=1S/C10H13N3O5/c1-7(6-14)11(2)9-4-3-8(12(15)16)5-10(9)13(17)18/h3-5,7,14H,6H2,1-2H3. The Morgan fingerprint density at radius 3 is 2.39 bits per heavy atom. The number of nitro benzene ring substituents is 2. The highest BCUT2D eigenvalue weighted by Gasteiger charge is 2.23. The molecule has 98 valence electrons. The van der Waals surface area contributed by atoms with Crippen LogP contribution in [0.2, 0.25) is 0 Å². The Kier molecular flexibility index (Phi) is 4.16. The molecule has 1 atom stereocenters. The summed E-state index contributed by atoms with van der Waals surface area (Å²) in [5, 5.41) is 30.5. The van der Waals surface area contributed by atoms with Gasteiger partial charge in [-0.3, -0.25) is 20.2 Å². The molecule has 8 heteroatoms. The molecule has 0 bridgehead atoms. The van der Waals surface area contributed by atoms with E-state index < -0.39 is 9.85 Å². The lowest BCUT2D eigenvalue weighted by molar-refractivity contribution is -0.393. The molecule has 0 saturated heterocycles. The van der Waals surface area contributed by atoms with Crippen molar-refractivity contribution in [2.75, 3.05) is 18.6 Å². The van der Waals surface area contributed by atoms with Gasteiger partial charge in [-0.15, -0.1) is 0 Å². The highest BCUT2D eigenvalue weighted by molar-refractivity contribution is 5.66. The Labute approximate surface area is 103 Å². The molecule has 1 rings (SSSR count). The third kappa shape index (κ3) is 2.72. The van der Waals surface area contributed by atoms with Crippen LogP contribution in [0.1, 0.15) is 6.92 Å². The molecule has 0 heterocycles. The van der Waals surface area contributed by atoms with Crippen molar-refractivity contribution in [1.29, 1.82) is 0 Å². The molecule has 0 radical (unpaired) electrons. The summed E-state index contributed by atoms with van der Waals surface area (Å²) < 4.78 is 0. The Morgan fingerprint density at radius 1 is 1.33 bits per heavy atom. The summed E-state index contributed by atoms with van der Waals surface area (Å²) in [6.45, 7) is 1.51. The van der Waals surface area contributed by atoms with Crippen LogP contribution in [0.15, 0.2) is 18.2 Å². The van der Waals surface area contributed by atoms with Gasteiger partial charge < -0.3 is 10.0 Å². The van der Waals surface area contributed by atoms with E-state index in [0.29, 0.717) is 0 Å². The van der Waals surface area contributed by atoms with Crippen LogP contribution in [0, 0.1) is 20.2 Å². The van der Waals surface area contributed by atoms with Crippen LogP contribution in [0.3, 0.4) is 0 Å². The van der Waals surface area contributed by atoms with Crippen molar-refractivity contribution in [3.63, 3.8) is 0 Å². The van der Waals surface area contributed by atoms with Gasteiger partial charge >= 0.3 is 0 Å². The van der Waals surface area contributed by atoms with Gasteiger partial charge in [0.25, 0.3) is 11.4 Å². The number of anilines is 1. The minimum absolute atomic E-state index is 0.176. The van der Waals surface area contributed by atoms with Gasteiger partial charge in [0.05, 0.1) is 22.5 Å². The van der Waals surface area contributed by atoms with Crippen LogP contribution < -0.4 is 4.90 Å². The molecule has 1 aromatic rings. The quantitative estimate of drug-likeness (QED) is 0.627. The maximum absolute atomic E-state index is 10.9. The monoisotopic (exact) mass is 255 g/mol. The lowest BCUT2D eigenvalue weighted by atomic mass is 10.2. The smallest absolute Gasteiger partial charge is 0.299 e. The average molecular weight is 255 g/mol. The molecule has 0 spiro atoms. The third-order valence-electron chi connectivity index (χ3n) is 2.67. The van der Waals surface area contributed by atoms with E-state index in [1.165, 1.54) is 17.0 Å². The van der Waals surface area contributed by atoms with Crippen LogP contribution in [0.4, 0.5) is 17.1 Å². The molecular weight excluding hydrogens is 242 g/mol. The summed E-state index contributed by atoms with van der Waals surface area (Å²) in [5.41, 5.74) is -0.463. The number of non-ortho nitro benzene ring substituents is 1. The average Bonchev–Trinajstić information content (AvgIpc) is 2.35. The Balaban J connectivity index is 3.27. The van der Waals surface area contributed by atoms with Gasteiger partial charge in [-0.05, 0) is 13.0 Å². The zero-order valence-corrected chi connectivity index (χ0v) is 9.94. The van der Waals surface area contributed by atoms with Crippen LogP contribution in [0.25, 0.3) is 0 Å². The van der Waals surface area contributed by atoms with E-state index in [1.54, 1.807) is 14.0 Å². The van der Waals surface area contributed by atoms with Gasteiger partial charge in [-0.2, -0.15) is 0 Å².